The van der Waals surface area contributed by atoms with Gasteiger partial charge in [0, 0.05) is 12.2 Å². The van der Waals surface area contributed by atoms with E-state index in [2.05, 4.69) is 30.2 Å². The lowest BCUT2D eigenvalue weighted by atomic mass is 9.98. The van der Waals surface area contributed by atoms with Gasteiger partial charge < -0.3 is 10.1 Å². The van der Waals surface area contributed by atoms with Gasteiger partial charge in [-0.1, -0.05) is 13.8 Å². The number of hydrogen-bond acceptors (Lipinski definition) is 3. The molecule has 3 nitrogen and oxygen atoms in total. The van der Waals surface area contributed by atoms with Gasteiger partial charge in [0.15, 0.2) is 0 Å². The third kappa shape index (κ3) is 2.60. The van der Waals surface area contributed by atoms with Crippen LogP contribution in [-0.2, 0) is 0 Å². The van der Waals surface area contributed by atoms with Crippen molar-refractivity contribution in [2.45, 2.75) is 33.2 Å². The van der Waals surface area contributed by atoms with Crippen LogP contribution in [0, 0.1) is 11.3 Å². The standard InChI is InChI=1S/C14H22N2O/c1-5-17-11-6-10(8-16-9-11)13(15-4)12-7-14(12,2)3/h6,8-9,12-13,15H,5,7H2,1-4H3. The highest BCUT2D eigenvalue weighted by molar-refractivity contribution is 5.28. The molecule has 1 aliphatic rings. The molecular weight excluding hydrogens is 212 g/mol. The molecule has 3 heteroatoms. The predicted molar refractivity (Wildman–Crippen MR) is 69.1 cm³/mol. The molecule has 94 valence electrons. The van der Waals surface area contributed by atoms with Gasteiger partial charge in [-0.05, 0) is 43.4 Å². The Kier molecular flexibility index (Phi) is 3.38. The lowest BCUT2D eigenvalue weighted by Gasteiger charge is -2.18. The van der Waals surface area contributed by atoms with E-state index in [0.717, 1.165) is 5.75 Å². The number of ether oxygens (including phenoxy) is 1. The summed E-state index contributed by atoms with van der Waals surface area (Å²) in [6.45, 7) is 7.32. The molecule has 1 aromatic rings. The summed E-state index contributed by atoms with van der Waals surface area (Å²) >= 11 is 0. The topological polar surface area (TPSA) is 34.1 Å². The average molecular weight is 234 g/mol. The van der Waals surface area contributed by atoms with Gasteiger partial charge in [0.2, 0.25) is 0 Å². The Morgan fingerprint density at radius 2 is 2.24 bits per heavy atom. The minimum Gasteiger partial charge on any atom is -0.492 e. The van der Waals surface area contributed by atoms with Gasteiger partial charge in [-0.15, -0.1) is 0 Å². The Morgan fingerprint density at radius 1 is 1.53 bits per heavy atom. The minimum absolute atomic E-state index is 0.387. The highest BCUT2D eigenvalue weighted by atomic mass is 16.5. The summed E-state index contributed by atoms with van der Waals surface area (Å²) < 4.78 is 5.50. The van der Waals surface area contributed by atoms with Crippen LogP contribution in [0.1, 0.15) is 38.8 Å². The van der Waals surface area contributed by atoms with E-state index in [1.54, 1.807) is 6.20 Å². The van der Waals surface area contributed by atoms with E-state index in [4.69, 9.17) is 4.74 Å². The van der Waals surface area contributed by atoms with Crippen LogP contribution in [0.25, 0.3) is 0 Å². The number of hydrogen-bond donors (Lipinski definition) is 1. The van der Waals surface area contributed by atoms with E-state index in [1.807, 2.05) is 20.2 Å². The van der Waals surface area contributed by atoms with Crippen molar-refractivity contribution in [3.8, 4) is 5.75 Å². The first-order chi connectivity index (χ1) is 8.08. The zero-order valence-electron chi connectivity index (χ0n) is 11.2. The number of pyridine rings is 1. The van der Waals surface area contributed by atoms with Crippen molar-refractivity contribution >= 4 is 0 Å². The molecule has 0 amide bonds. The molecule has 1 aliphatic carbocycles. The van der Waals surface area contributed by atoms with Crippen LogP contribution >= 0.6 is 0 Å². The fourth-order valence-electron chi connectivity index (χ4n) is 2.53. The van der Waals surface area contributed by atoms with Crippen LogP contribution in [0.2, 0.25) is 0 Å². The second kappa shape index (κ2) is 4.65. The molecule has 17 heavy (non-hydrogen) atoms. The molecule has 0 saturated heterocycles. The van der Waals surface area contributed by atoms with E-state index < -0.39 is 0 Å². The van der Waals surface area contributed by atoms with Gasteiger partial charge in [-0.3, -0.25) is 4.98 Å². The molecule has 1 N–H and O–H groups in total. The zero-order chi connectivity index (χ0) is 12.5. The molecule has 0 aromatic carbocycles. The molecule has 0 radical (unpaired) electrons. The molecule has 2 unspecified atom stereocenters. The number of nitrogens with one attached hydrogen (secondary N) is 1. The zero-order valence-corrected chi connectivity index (χ0v) is 11.2. The summed E-state index contributed by atoms with van der Waals surface area (Å²) in [6, 6.07) is 2.49. The quantitative estimate of drug-likeness (QED) is 0.850. The third-order valence-corrected chi connectivity index (χ3v) is 3.71. The maximum absolute atomic E-state index is 5.50. The summed E-state index contributed by atoms with van der Waals surface area (Å²) in [6.07, 6.45) is 4.99. The first-order valence-corrected chi connectivity index (χ1v) is 6.33. The summed E-state index contributed by atoms with van der Waals surface area (Å²) in [5, 5.41) is 3.41. The van der Waals surface area contributed by atoms with Crippen molar-refractivity contribution < 1.29 is 4.74 Å². The molecule has 1 fully saturated rings. The first kappa shape index (κ1) is 12.4. The SMILES string of the molecule is CCOc1cncc(C(NC)C2CC2(C)C)c1. The largest absolute Gasteiger partial charge is 0.492 e. The van der Waals surface area contributed by atoms with Crippen LogP contribution in [0.3, 0.4) is 0 Å². The summed E-state index contributed by atoms with van der Waals surface area (Å²) in [7, 11) is 2.02. The Hall–Kier alpha value is -1.09. The normalized spacial score (nSPS) is 23.2. The molecule has 0 aliphatic heterocycles. The Morgan fingerprint density at radius 3 is 2.76 bits per heavy atom. The molecule has 0 spiro atoms. The minimum atomic E-state index is 0.387. The van der Waals surface area contributed by atoms with Crippen LogP contribution in [0.15, 0.2) is 18.5 Å². The van der Waals surface area contributed by atoms with Crippen LogP contribution in [-0.4, -0.2) is 18.6 Å². The summed E-state index contributed by atoms with van der Waals surface area (Å²) in [4.78, 5) is 4.27. The van der Waals surface area contributed by atoms with E-state index in [0.29, 0.717) is 24.0 Å². The van der Waals surface area contributed by atoms with E-state index in [1.165, 1.54) is 12.0 Å². The molecule has 2 atom stereocenters. The molecule has 2 rings (SSSR count). The van der Waals surface area contributed by atoms with Crippen LogP contribution < -0.4 is 10.1 Å². The predicted octanol–water partition coefficient (Wildman–Crippen LogP) is 2.79. The Balaban J connectivity index is 2.17. The van der Waals surface area contributed by atoms with Crippen molar-refractivity contribution in [3.63, 3.8) is 0 Å². The van der Waals surface area contributed by atoms with Gasteiger partial charge in [-0.25, -0.2) is 0 Å². The van der Waals surface area contributed by atoms with Gasteiger partial charge in [0.25, 0.3) is 0 Å². The average Bonchev–Trinajstić information content (AvgIpc) is 2.90. The lowest BCUT2D eigenvalue weighted by Crippen LogP contribution is -2.20. The van der Waals surface area contributed by atoms with Crippen molar-refractivity contribution in [2.24, 2.45) is 11.3 Å². The second-order valence-corrected chi connectivity index (χ2v) is 5.45. The number of aromatic nitrogens is 1. The van der Waals surface area contributed by atoms with Crippen molar-refractivity contribution in [2.75, 3.05) is 13.7 Å². The molecule has 1 saturated carbocycles. The van der Waals surface area contributed by atoms with Gasteiger partial charge in [0.05, 0.1) is 12.8 Å². The van der Waals surface area contributed by atoms with Crippen molar-refractivity contribution in [3.05, 3.63) is 24.0 Å². The highest BCUT2D eigenvalue weighted by Crippen LogP contribution is 2.57. The van der Waals surface area contributed by atoms with Crippen molar-refractivity contribution in [1.29, 1.82) is 0 Å². The van der Waals surface area contributed by atoms with E-state index in [-0.39, 0.29) is 0 Å². The van der Waals surface area contributed by atoms with Crippen molar-refractivity contribution in [1.82, 2.24) is 10.3 Å². The fraction of sp³-hybridized carbons (Fsp3) is 0.643. The van der Waals surface area contributed by atoms with Gasteiger partial charge >= 0.3 is 0 Å². The first-order valence-electron chi connectivity index (χ1n) is 6.33. The van der Waals surface area contributed by atoms with Crippen LogP contribution in [0.4, 0.5) is 0 Å². The molecule has 0 bridgehead atoms. The van der Waals surface area contributed by atoms with Gasteiger partial charge in [-0.2, -0.15) is 0 Å². The smallest absolute Gasteiger partial charge is 0.137 e. The molecule has 1 heterocycles. The Labute approximate surface area is 104 Å². The van der Waals surface area contributed by atoms with Gasteiger partial charge in [0.1, 0.15) is 5.75 Å². The summed E-state index contributed by atoms with van der Waals surface area (Å²) in [5.74, 6) is 1.56. The monoisotopic (exact) mass is 234 g/mol. The third-order valence-electron chi connectivity index (χ3n) is 3.71. The second-order valence-electron chi connectivity index (χ2n) is 5.45. The van der Waals surface area contributed by atoms with E-state index >= 15 is 0 Å². The highest BCUT2D eigenvalue weighted by Gasteiger charge is 2.50. The Bertz CT molecular complexity index is 390. The van der Waals surface area contributed by atoms with Crippen LogP contribution in [0.5, 0.6) is 5.75 Å². The molecule has 1 aromatic heterocycles. The number of nitrogens with zero attached hydrogens (tertiary/aromatic N) is 1. The molecular formula is C14H22N2O. The maximum Gasteiger partial charge on any atom is 0.137 e. The summed E-state index contributed by atoms with van der Waals surface area (Å²) in [5.41, 5.74) is 1.68. The lowest BCUT2D eigenvalue weighted by molar-refractivity contribution is 0.337. The number of rotatable bonds is 5. The van der Waals surface area contributed by atoms with E-state index in [9.17, 15) is 0 Å². The maximum atomic E-state index is 5.50. The fourth-order valence-corrected chi connectivity index (χ4v) is 2.53.